The molecule has 242 valence electrons. The number of carbonyl (C=O) groups excluding carboxylic acids is 2. The third kappa shape index (κ3) is 12.2. The summed E-state index contributed by atoms with van der Waals surface area (Å²) in [5.41, 5.74) is 6.81. The van der Waals surface area contributed by atoms with E-state index in [9.17, 15) is 14.0 Å². The van der Waals surface area contributed by atoms with E-state index in [0.29, 0.717) is 17.3 Å². The summed E-state index contributed by atoms with van der Waals surface area (Å²) in [6.07, 6.45) is 0.761. The summed E-state index contributed by atoms with van der Waals surface area (Å²) in [6.45, 7) is 9.07. The van der Waals surface area contributed by atoms with Gasteiger partial charge in [0.2, 0.25) is 5.91 Å². The fraction of sp³-hybridized carbons (Fsp3) is 0.200. The first kappa shape index (κ1) is 35.7. The van der Waals surface area contributed by atoms with Crippen molar-refractivity contribution in [1.82, 2.24) is 9.80 Å². The smallest absolute Gasteiger partial charge is 0.221 e. The molecule has 1 fully saturated rings. The Balaban J connectivity index is 0.000000205. The third-order valence-corrected chi connectivity index (χ3v) is 8.35. The van der Waals surface area contributed by atoms with Crippen LogP contribution in [-0.2, 0) is 11.3 Å². The number of halogens is 2. The van der Waals surface area contributed by atoms with Gasteiger partial charge in [-0.2, -0.15) is 0 Å². The van der Waals surface area contributed by atoms with Crippen LogP contribution in [0.15, 0.2) is 133 Å². The van der Waals surface area contributed by atoms with Crippen molar-refractivity contribution in [2.24, 2.45) is 0 Å². The van der Waals surface area contributed by atoms with E-state index < -0.39 is 0 Å². The Morgan fingerprint density at radius 3 is 1.91 bits per heavy atom. The molecule has 7 heteroatoms. The number of rotatable bonds is 7. The molecule has 47 heavy (non-hydrogen) atoms. The molecule has 1 N–H and O–H groups in total. The number of benzene rings is 5. The lowest BCUT2D eigenvalue weighted by Crippen LogP contribution is -2.47. The molecule has 5 aromatic carbocycles. The molecule has 1 unspecified atom stereocenters. The summed E-state index contributed by atoms with van der Waals surface area (Å²) in [5, 5.41) is 2.60. The quantitative estimate of drug-likeness (QED) is 0.134. The van der Waals surface area contributed by atoms with E-state index in [0.717, 1.165) is 42.6 Å². The first-order chi connectivity index (χ1) is 22.8. The van der Waals surface area contributed by atoms with E-state index in [4.69, 9.17) is 0 Å². The Morgan fingerprint density at radius 1 is 0.787 bits per heavy atom. The fourth-order valence-electron chi connectivity index (χ4n) is 5.33. The first-order valence-electron chi connectivity index (χ1n) is 15.7. The van der Waals surface area contributed by atoms with Gasteiger partial charge in [0.15, 0.2) is 0 Å². The Bertz CT molecular complexity index is 1640. The van der Waals surface area contributed by atoms with Gasteiger partial charge in [-0.05, 0) is 88.7 Å². The molecule has 5 nitrogen and oxygen atoms in total. The van der Waals surface area contributed by atoms with Gasteiger partial charge in [0.25, 0.3) is 0 Å². The zero-order valence-corrected chi connectivity index (χ0v) is 29.0. The molecule has 1 saturated heterocycles. The van der Waals surface area contributed by atoms with Crippen LogP contribution in [0.5, 0.6) is 0 Å². The zero-order valence-electron chi connectivity index (χ0n) is 26.9. The minimum absolute atomic E-state index is 0.117. The van der Waals surface area contributed by atoms with Crippen LogP contribution in [-0.4, -0.2) is 48.2 Å². The van der Waals surface area contributed by atoms with Crippen LogP contribution in [0.2, 0.25) is 0 Å². The van der Waals surface area contributed by atoms with Crippen molar-refractivity contribution in [3.8, 4) is 0 Å². The zero-order chi connectivity index (χ0) is 33.4. The van der Waals surface area contributed by atoms with Gasteiger partial charge in [-0.1, -0.05) is 96.6 Å². The Morgan fingerprint density at radius 2 is 1.38 bits per heavy atom. The summed E-state index contributed by atoms with van der Waals surface area (Å²) in [4.78, 5) is 26.1. The average molecular weight is 742 g/mol. The maximum atomic E-state index is 12.2. The third-order valence-electron chi connectivity index (χ3n) is 7.68. The van der Waals surface area contributed by atoms with Crippen molar-refractivity contribution in [2.45, 2.75) is 26.4 Å². The number of amides is 1. The SMILES string of the molecule is CC(=O)Nc1ccc(C=O)cc1.Cc1ccc(C(c2ccccc2)N2CCN(Cc3ccccc3)CC2)cc1.Fc1cccc(I)c1. The van der Waals surface area contributed by atoms with Crippen LogP contribution in [0.4, 0.5) is 10.1 Å². The number of piperazine rings is 1. The number of anilines is 1. The monoisotopic (exact) mass is 741 g/mol. The first-order valence-corrected chi connectivity index (χ1v) is 16.7. The highest BCUT2D eigenvalue weighted by atomic mass is 127. The largest absolute Gasteiger partial charge is 0.326 e. The van der Waals surface area contributed by atoms with Crippen LogP contribution in [0, 0.1) is 16.3 Å². The van der Waals surface area contributed by atoms with Crippen molar-refractivity contribution < 1.29 is 14.0 Å². The van der Waals surface area contributed by atoms with Crippen molar-refractivity contribution in [1.29, 1.82) is 0 Å². The number of aldehydes is 1. The number of carbonyl (C=O) groups is 2. The highest BCUT2D eigenvalue weighted by molar-refractivity contribution is 14.1. The highest BCUT2D eigenvalue weighted by Crippen LogP contribution is 2.30. The van der Waals surface area contributed by atoms with E-state index >= 15 is 0 Å². The standard InChI is InChI=1S/C25H28N2.C9H9NO2.C6H4FI/c1-21-12-14-24(15-13-21)25(23-10-6-3-7-11-23)27-18-16-26(17-19-27)20-22-8-4-2-5-9-22;1-7(12)10-9-4-2-8(6-11)3-5-9;7-5-2-1-3-6(8)4-5/h2-15,25H,16-20H2,1H3;2-6H,1H3,(H,10,12);1-4H. The minimum atomic E-state index is -0.170. The van der Waals surface area contributed by atoms with Gasteiger partial charge in [0.1, 0.15) is 12.1 Å². The summed E-state index contributed by atoms with van der Waals surface area (Å²) >= 11 is 2.07. The lowest BCUT2D eigenvalue weighted by Gasteiger charge is -2.40. The van der Waals surface area contributed by atoms with Crippen molar-refractivity contribution in [3.63, 3.8) is 0 Å². The number of hydrogen-bond acceptors (Lipinski definition) is 4. The summed E-state index contributed by atoms with van der Waals surface area (Å²) in [6, 6.07) is 44.3. The lowest BCUT2D eigenvalue weighted by atomic mass is 9.95. The Hall–Kier alpha value is -4.18. The van der Waals surface area contributed by atoms with Gasteiger partial charge in [0.05, 0.1) is 6.04 Å². The second-order valence-electron chi connectivity index (χ2n) is 11.4. The van der Waals surface area contributed by atoms with Gasteiger partial charge in [0, 0.05) is 54.5 Å². The predicted octanol–water partition coefficient (Wildman–Crippen LogP) is 8.79. The van der Waals surface area contributed by atoms with Gasteiger partial charge < -0.3 is 5.32 Å². The topological polar surface area (TPSA) is 52.7 Å². The molecular weight excluding hydrogens is 700 g/mol. The summed E-state index contributed by atoms with van der Waals surface area (Å²) in [5.74, 6) is -0.286. The molecule has 1 heterocycles. The molecule has 1 aliphatic rings. The van der Waals surface area contributed by atoms with Gasteiger partial charge in [-0.3, -0.25) is 19.4 Å². The number of hydrogen-bond donors (Lipinski definition) is 1. The molecular formula is C40H41FIN3O2. The van der Waals surface area contributed by atoms with Crippen LogP contribution in [0.1, 0.15) is 45.6 Å². The molecule has 0 bridgehead atoms. The maximum absolute atomic E-state index is 12.2. The van der Waals surface area contributed by atoms with E-state index in [1.54, 1.807) is 30.3 Å². The summed E-state index contributed by atoms with van der Waals surface area (Å²) < 4.78 is 13.1. The molecule has 6 rings (SSSR count). The molecule has 0 saturated carbocycles. The van der Waals surface area contributed by atoms with Gasteiger partial charge >= 0.3 is 0 Å². The van der Waals surface area contributed by atoms with E-state index in [1.165, 1.54) is 41.3 Å². The van der Waals surface area contributed by atoms with Gasteiger partial charge in [-0.25, -0.2) is 4.39 Å². The molecule has 0 spiro atoms. The second-order valence-corrected chi connectivity index (χ2v) is 12.6. The number of aryl methyl sites for hydroxylation is 1. The molecule has 0 radical (unpaired) electrons. The lowest BCUT2D eigenvalue weighted by molar-refractivity contribution is -0.114. The van der Waals surface area contributed by atoms with Crippen LogP contribution >= 0.6 is 22.6 Å². The fourth-order valence-corrected chi connectivity index (χ4v) is 5.83. The van der Waals surface area contributed by atoms with Crippen LogP contribution in [0.25, 0.3) is 0 Å². The number of nitrogens with one attached hydrogen (secondary N) is 1. The second kappa shape index (κ2) is 18.8. The molecule has 0 aliphatic carbocycles. The Kier molecular flexibility index (Phi) is 14.3. The predicted molar refractivity (Wildman–Crippen MR) is 198 cm³/mol. The molecule has 1 atom stereocenters. The van der Waals surface area contributed by atoms with Crippen LogP contribution in [0.3, 0.4) is 0 Å². The molecule has 1 amide bonds. The van der Waals surface area contributed by atoms with E-state index in [-0.39, 0.29) is 11.7 Å². The Labute approximate surface area is 291 Å². The average Bonchev–Trinajstić information content (AvgIpc) is 3.08. The molecule has 0 aromatic heterocycles. The van der Waals surface area contributed by atoms with E-state index in [1.807, 2.05) is 6.07 Å². The van der Waals surface area contributed by atoms with Crippen molar-refractivity contribution in [3.05, 3.63) is 171 Å². The minimum Gasteiger partial charge on any atom is -0.326 e. The highest BCUT2D eigenvalue weighted by Gasteiger charge is 2.26. The van der Waals surface area contributed by atoms with Gasteiger partial charge in [-0.15, -0.1) is 0 Å². The maximum Gasteiger partial charge on any atom is 0.221 e. The summed E-state index contributed by atoms with van der Waals surface area (Å²) in [7, 11) is 0. The molecule has 5 aromatic rings. The van der Waals surface area contributed by atoms with Crippen molar-refractivity contribution in [2.75, 3.05) is 31.5 Å². The normalized spacial score (nSPS) is 13.6. The van der Waals surface area contributed by atoms with Crippen LogP contribution < -0.4 is 5.32 Å². The van der Waals surface area contributed by atoms with E-state index in [2.05, 4.69) is 130 Å². The van der Waals surface area contributed by atoms with Crippen molar-refractivity contribution >= 4 is 40.5 Å². The number of nitrogens with zero attached hydrogens (tertiary/aromatic N) is 2. The molecule has 1 aliphatic heterocycles.